The highest BCUT2D eigenvalue weighted by molar-refractivity contribution is 7.80. The third-order valence-electron chi connectivity index (χ3n) is 7.01. The molecule has 0 bridgehead atoms. The van der Waals surface area contributed by atoms with Crippen LogP contribution in [0.4, 0.5) is 5.69 Å². The summed E-state index contributed by atoms with van der Waals surface area (Å²) in [5.41, 5.74) is 7.21. The van der Waals surface area contributed by atoms with Gasteiger partial charge in [-0.3, -0.25) is 4.98 Å². The van der Waals surface area contributed by atoms with E-state index < -0.39 is 0 Å². The monoisotopic (exact) mass is 490 g/mol. The Morgan fingerprint density at radius 1 is 1.03 bits per heavy atom. The fourth-order valence-corrected chi connectivity index (χ4v) is 5.51. The second kappa shape index (κ2) is 10.8. The van der Waals surface area contributed by atoms with Gasteiger partial charge in [0.25, 0.3) is 0 Å². The highest BCUT2D eigenvalue weighted by Gasteiger charge is 2.41. The molecule has 3 aromatic rings. The Hall–Kier alpha value is -2.90. The Kier molecular flexibility index (Phi) is 7.77. The summed E-state index contributed by atoms with van der Waals surface area (Å²) in [6.07, 6.45) is 1.86. The molecule has 1 N–H and O–H groups in total. The van der Waals surface area contributed by atoms with E-state index in [0.717, 1.165) is 37.0 Å². The zero-order chi connectivity index (χ0) is 25.1. The van der Waals surface area contributed by atoms with Crippen LogP contribution in [-0.4, -0.2) is 64.7 Å². The van der Waals surface area contributed by atoms with E-state index in [0.29, 0.717) is 0 Å². The molecular formula is C28H38N6S. The van der Waals surface area contributed by atoms with Crippen LogP contribution >= 0.6 is 12.2 Å². The molecule has 0 unspecified atom stereocenters. The maximum atomic E-state index is 5.84. The van der Waals surface area contributed by atoms with E-state index in [9.17, 15) is 0 Å². The lowest BCUT2D eigenvalue weighted by molar-refractivity contribution is 0.277. The van der Waals surface area contributed by atoms with E-state index in [1.807, 2.05) is 18.3 Å². The van der Waals surface area contributed by atoms with Crippen molar-refractivity contribution in [2.75, 3.05) is 45.2 Å². The van der Waals surface area contributed by atoms with Crippen molar-refractivity contribution in [1.82, 2.24) is 24.7 Å². The number of likely N-dealkylation sites (N-methyl/N-ethyl adjacent to an activating group) is 1. The third-order valence-corrected chi connectivity index (χ3v) is 7.36. The summed E-state index contributed by atoms with van der Waals surface area (Å²) < 4.78 is 2.36. The number of hydrogen-bond donors (Lipinski definition) is 1. The quantitative estimate of drug-likeness (QED) is 0.432. The van der Waals surface area contributed by atoms with Crippen LogP contribution < -0.4 is 10.2 Å². The lowest BCUT2D eigenvalue weighted by Gasteiger charge is -2.29. The number of anilines is 1. The van der Waals surface area contributed by atoms with Crippen molar-refractivity contribution in [2.24, 2.45) is 0 Å². The molecule has 186 valence electrons. The first kappa shape index (κ1) is 25.2. The van der Waals surface area contributed by atoms with Crippen LogP contribution in [0.1, 0.15) is 48.6 Å². The molecule has 1 aromatic carbocycles. The molecule has 0 spiro atoms. The molecule has 1 saturated heterocycles. The minimum Gasteiger partial charge on any atom is -0.372 e. The van der Waals surface area contributed by atoms with Crippen LogP contribution in [0.2, 0.25) is 0 Å². The zero-order valence-electron chi connectivity index (χ0n) is 21.8. The number of pyridine rings is 1. The van der Waals surface area contributed by atoms with E-state index in [1.54, 1.807) is 0 Å². The summed E-state index contributed by atoms with van der Waals surface area (Å²) in [6, 6.07) is 17.4. The van der Waals surface area contributed by atoms with Crippen molar-refractivity contribution in [1.29, 1.82) is 0 Å². The molecule has 7 heteroatoms. The summed E-state index contributed by atoms with van der Waals surface area (Å²) in [5, 5.41) is 4.38. The lowest BCUT2D eigenvalue weighted by Crippen LogP contribution is -2.35. The molecule has 4 rings (SSSR count). The lowest BCUT2D eigenvalue weighted by atomic mass is 9.96. The third kappa shape index (κ3) is 5.07. The van der Waals surface area contributed by atoms with Gasteiger partial charge in [0, 0.05) is 55.1 Å². The van der Waals surface area contributed by atoms with Crippen molar-refractivity contribution in [3.05, 3.63) is 77.4 Å². The van der Waals surface area contributed by atoms with E-state index in [2.05, 4.69) is 108 Å². The van der Waals surface area contributed by atoms with Crippen molar-refractivity contribution in [2.45, 2.75) is 39.8 Å². The molecule has 1 aliphatic rings. The fraction of sp³-hybridized carbons (Fsp3) is 0.429. The molecule has 6 nitrogen and oxygen atoms in total. The van der Waals surface area contributed by atoms with Gasteiger partial charge in [-0.25, -0.2) is 0 Å². The fourth-order valence-electron chi connectivity index (χ4n) is 5.18. The first-order valence-electron chi connectivity index (χ1n) is 12.5. The molecule has 1 fully saturated rings. The van der Waals surface area contributed by atoms with Gasteiger partial charge < -0.3 is 24.6 Å². The minimum atomic E-state index is 0.00450. The molecule has 3 heterocycles. The summed E-state index contributed by atoms with van der Waals surface area (Å²) in [5.74, 6) is 0. The SMILES string of the molecule is CCN(CC)c1ccc(-n2c(C)cc([C@@H]3[C@H](c4ccccn4)NC(=S)N3CCN(C)C)c2C)cc1. The molecule has 0 saturated carbocycles. The van der Waals surface area contributed by atoms with Gasteiger partial charge in [-0.1, -0.05) is 6.07 Å². The summed E-state index contributed by atoms with van der Waals surface area (Å²) in [4.78, 5) is 11.6. The summed E-state index contributed by atoms with van der Waals surface area (Å²) >= 11 is 5.84. The normalized spacial score (nSPS) is 17.8. The van der Waals surface area contributed by atoms with Crippen LogP contribution in [0.15, 0.2) is 54.7 Å². The maximum absolute atomic E-state index is 5.84. The van der Waals surface area contributed by atoms with Gasteiger partial charge in [-0.2, -0.15) is 0 Å². The first-order chi connectivity index (χ1) is 16.8. The number of hydrogen-bond acceptors (Lipinski definition) is 4. The topological polar surface area (TPSA) is 39.6 Å². The van der Waals surface area contributed by atoms with E-state index >= 15 is 0 Å². The average Bonchev–Trinajstić information content (AvgIpc) is 3.34. The Bertz CT molecular complexity index is 1130. The Labute approximate surface area is 215 Å². The predicted octanol–water partition coefficient (Wildman–Crippen LogP) is 4.87. The van der Waals surface area contributed by atoms with E-state index in [1.165, 1.54) is 28.3 Å². The van der Waals surface area contributed by atoms with E-state index in [4.69, 9.17) is 12.2 Å². The predicted molar refractivity (Wildman–Crippen MR) is 150 cm³/mol. The van der Waals surface area contributed by atoms with Crippen molar-refractivity contribution < 1.29 is 0 Å². The van der Waals surface area contributed by atoms with Crippen LogP contribution in [0.25, 0.3) is 5.69 Å². The molecule has 0 amide bonds. The Morgan fingerprint density at radius 2 is 1.74 bits per heavy atom. The highest BCUT2D eigenvalue weighted by Crippen LogP contribution is 2.41. The molecule has 35 heavy (non-hydrogen) atoms. The summed E-state index contributed by atoms with van der Waals surface area (Å²) in [6.45, 7) is 12.6. The summed E-state index contributed by atoms with van der Waals surface area (Å²) in [7, 11) is 4.21. The highest BCUT2D eigenvalue weighted by atomic mass is 32.1. The van der Waals surface area contributed by atoms with Crippen LogP contribution in [-0.2, 0) is 0 Å². The van der Waals surface area contributed by atoms with Gasteiger partial charge >= 0.3 is 0 Å². The number of aryl methyl sites for hydroxylation is 1. The molecule has 2 atom stereocenters. The van der Waals surface area contributed by atoms with Crippen LogP contribution in [0.5, 0.6) is 0 Å². The second-order valence-corrected chi connectivity index (χ2v) is 9.86. The maximum Gasteiger partial charge on any atom is 0.170 e. The average molecular weight is 491 g/mol. The molecule has 2 aromatic heterocycles. The number of rotatable bonds is 9. The number of nitrogens with one attached hydrogen (secondary N) is 1. The van der Waals surface area contributed by atoms with Crippen LogP contribution in [0.3, 0.4) is 0 Å². The number of nitrogens with zero attached hydrogens (tertiary/aromatic N) is 5. The number of benzene rings is 1. The minimum absolute atomic E-state index is 0.00450. The van der Waals surface area contributed by atoms with Gasteiger partial charge in [-0.05, 0) is 102 Å². The van der Waals surface area contributed by atoms with Gasteiger partial charge in [0.1, 0.15) is 0 Å². The van der Waals surface area contributed by atoms with Crippen LogP contribution in [0, 0.1) is 13.8 Å². The van der Waals surface area contributed by atoms with Crippen molar-refractivity contribution >= 4 is 23.0 Å². The number of aromatic nitrogens is 2. The van der Waals surface area contributed by atoms with Gasteiger partial charge in [0.2, 0.25) is 0 Å². The second-order valence-electron chi connectivity index (χ2n) is 9.47. The van der Waals surface area contributed by atoms with E-state index in [-0.39, 0.29) is 12.1 Å². The zero-order valence-corrected chi connectivity index (χ0v) is 22.6. The smallest absolute Gasteiger partial charge is 0.170 e. The van der Waals surface area contributed by atoms with Crippen molar-refractivity contribution in [3.8, 4) is 5.69 Å². The van der Waals surface area contributed by atoms with Gasteiger partial charge in [-0.15, -0.1) is 0 Å². The Balaban J connectivity index is 1.75. The molecule has 0 aliphatic carbocycles. The molecule has 0 radical (unpaired) electrons. The standard InChI is InChI=1S/C28H38N6S/c1-7-32(8-2)22-12-14-23(15-13-22)34-20(3)19-24(21(34)4)27-26(25-11-9-10-16-29-25)30-28(35)33(27)18-17-31(5)6/h9-16,19,26-27H,7-8,17-18H2,1-6H3,(H,30,35)/t26-,27+/m0/s1. The largest absolute Gasteiger partial charge is 0.372 e. The molecule has 1 aliphatic heterocycles. The molecular weight excluding hydrogens is 452 g/mol. The van der Waals surface area contributed by atoms with Gasteiger partial charge in [0.05, 0.1) is 17.8 Å². The Morgan fingerprint density at radius 3 is 2.34 bits per heavy atom. The van der Waals surface area contributed by atoms with Gasteiger partial charge in [0.15, 0.2) is 5.11 Å². The number of thiocarbonyl (C=S) groups is 1. The van der Waals surface area contributed by atoms with Crippen molar-refractivity contribution in [3.63, 3.8) is 0 Å². The first-order valence-corrected chi connectivity index (χ1v) is 12.9.